The monoisotopic (exact) mass is 272 g/mol. The molecule has 0 saturated carbocycles. The molecule has 0 fully saturated rings. The van der Waals surface area contributed by atoms with Gasteiger partial charge in [-0.2, -0.15) is 4.57 Å². The molecule has 0 saturated heterocycles. The Morgan fingerprint density at radius 1 is 0.857 bits per heavy atom. The van der Waals surface area contributed by atoms with E-state index in [0.29, 0.717) is 6.04 Å². The Bertz CT molecular complexity index is 833. The molecular weight excluding hydrogens is 254 g/mol. The van der Waals surface area contributed by atoms with Crippen molar-refractivity contribution in [1.29, 1.82) is 0 Å². The zero-order valence-electron chi connectivity index (χ0n) is 12.4. The van der Waals surface area contributed by atoms with Crippen LogP contribution in [0.5, 0.6) is 0 Å². The van der Waals surface area contributed by atoms with Gasteiger partial charge in [-0.05, 0) is 30.2 Å². The zero-order valence-corrected chi connectivity index (χ0v) is 12.4. The highest BCUT2D eigenvalue weighted by molar-refractivity contribution is 5.74. The van der Waals surface area contributed by atoms with Crippen LogP contribution >= 0.6 is 0 Å². The highest BCUT2D eigenvalue weighted by Crippen LogP contribution is 2.36. The van der Waals surface area contributed by atoms with E-state index in [9.17, 15) is 0 Å². The minimum atomic E-state index is 0.419. The number of aryl methyl sites for hydroxylation is 1. The maximum atomic E-state index is 2.35. The summed E-state index contributed by atoms with van der Waals surface area (Å²) in [7, 11) is 0. The molecule has 0 amide bonds. The second-order valence-electron chi connectivity index (χ2n) is 5.84. The summed E-state index contributed by atoms with van der Waals surface area (Å²) in [6, 6.07) is 22.4. The van der Waals surface area contributed by atoms with Gasteiger partial charge in [0.15, 0.2) is 12.2 Å². The molecule has 0 spiro atoms. The summed E-state index contributed by atoms with van der Waals surface area (Å²) in [5.41, 5.74) is 7.98. The minimum absolute atomic E-state index is 0.419. The van der Waals surface area contributed by atoms with Crippen molar-refractivity contribution in [2.24, 2.45) is 0 Å². The normalized spacial score (nSPS) is 15.6. The first-order valence-corrected chi connectivity index (χ1v) is 7.45. The maximum absolute atomic E-state index is 2.35. The van der Waals surface area contributed by atoms with E-state index in [1.807, 2.05) is 0 Å². The van der Waals surface area contributed by atoms with E-state index < -0.39 is 0 Å². The maximum Gasteiger partial charge on any atom is 0.213 e. The first kappa shape index (κ1) is 12.3. The summed E-state index contributed by atoms with van der Waals surface area (Å²) >= 11 is 0. The lowest BCUT2D eigenvalue weighted by Crippen LogP contribution is -2.35. The van der Waals surface area contributed by atoms with E-state index in [1.54, 1.807) is 0 Å². The summed E-state index contributed by atoms with van der Waals surface area (Å²) in [5.74, 6) is 0. The number of hydrogen-bond donors (Lipinski definition) is 0. The van der Waals surface area contributed by atoms with Gasteiger partial charge in [0.1, 0.15) is 0 Å². The van der Waals surface area contributed by atoms with Gasteiger partial charge < -0.3 is 0 Å². The Morgan fingerprint density at radius 3 is 2.57 bits per heavy atom. The summed E-state index contributed by atoms with van der Waals surface area (Å²) in [6.45, 7) is 4.41. The van der Waals surface area contributed by atoms with Crippen LogP contribution in [0.4, 0.5) is 0 Å². The smallest absolute Gasteiger partial charge is 0.191 e. The fraction of sp³-hybridized carbons (Fsp3) is 0.150. The minimum Gasteiger partial charge on any atom is -0.191 e. The predicted octanol–water partition coefficient (Wildman–Crippen LogP) is 4.54. The lowest BCUT2D eigenvalue weighted by molar-refractivity contribution is -0.694. The van der Waals surface area contributed by atoms with Gasteiger partial charge in [-0.25, -0.2) is 0 Å². The molecule has 4 rings (SSSR count). The van der Waals surface area contributed by atoms with Gasteiger partial charge in [0, 0.05) is 24.6 Å². The van der Waals surface area contributed by atoms with Crippen molar-refractivity contribution in [2.75, 3.05) is 0 Å². The summed E-state index contributed by atoms with van der Waals surface area (Å²) in [5, 5.41) is 0. The van der Waals surface area contributed by atoms with E-state index in [1.165, 1.54) is 33.5 Å². The third-order valence-electron chi connectivity index (χ3n) is 4.44. The molecule has 1 nitrogen and oxygen atoms in total. The fourth-order valence-corrected chi connectivity index (χ4v) is 3.32. The molecule has 1 aliphatic heterocycles. The lowest BCUT2D eigenvalue weighted by atomic mass is 9.96. The van der Waals surface area contributed by atoms with Crippen LogP contribution in [0.1, 0.15) is 24.1 Å². The fourth-order valence-electron chi connectivity index (χ4n) is 3.32. The van der Waals surface area contributed by atoms with Crippen LogP contribution in [0.2, 0.25) is 0 Å². The second kappa shape index (κ2) is 4.56. The van der Waals surface area contributed by atoms with Crippen LogP contribution < -0.4 is 4.57 Å². The average Bonchev–Trinajstić information content (AvgIpc) is 2.81. The number of aromatic nitrogens is 1. The molecular formula is C20H18N+. The van der Waals surface area contributed by atoms with Crippen molar-refractivity contribution in [3.05, 3.63) is 78.0 Å². The second-order valence-corrected chi connectivity index (χ2v) is 5.84. The molecule has 21 heavy (non-hydrogen) atoms. The highest BCUT2D eigenvalue weighted by Gasteiger charge is 2.32. The van der Waals surface area contributed by atoms with Gasteiger partial charge in [0.2, 0.25) is 5.69 Å². The molecule has 2 aromatic carbocycles. The van der Waals surface area contributed by atoms with E-state index in [2.05, 4.69) is 85.3 Å². The standard InChI is InChI=1S/C20H18N/c1-14-6-5-7-16(12-14)17-9-10-18-15(2)21-11-4-3-8-20(21)19(18)13-17/h3-13,15H,1-2H3/q+1/t15-/m1/s1. The predicted molar refractivity (Wildman–Crippen MR) is 86.1 cm³/mol. The molecule has 0 bridgehead atoms. The molecule has 1 heteroatoms. The quantitative estimate of drug-likeness (QED) is 0.573. The number of rotatable bonds is 1. The first-order valence-electron chi connectivity index (χ1n) is 7.45. The van der Waals surface area contributed by atoms with Gasteiger partial charge in [-0.3, -0.25) is 0 Å². The first-order chi connectivity index (χ1) is 10.2. The van der Waals surface area contributed by atoms with Crippen molar-refractivity contribution in [3.8, 4) is 22.4 Å². The van der Waals surface area contributed by atoms with Crippen LogP contribution in [0.15, 0.2) is 66.9 Å². The Hall–Kier alpha value is -2.41. The third kappa shape index (κ3) is 1.89. The largest absolute Gasteiger partial charge is 0.213 e. The van der Waals surface area contributed by atoms with Crippen LogP contribution in [-0.2, 0) is 0 Å². The van der Waals surface area contributed by atoms with Crippen LogP contribution in [0.3, 0.4) is 0 Å². The van der Waals surface area contributed by atoms with E-state index in [4.69, 9.17) is 0 Å². The SMILES string of the molecule is Cc1cccc(-c2ccc3c(c2)-c2cccc[n+]2[C@@H]3C)c1. The number of benzene rings is 2. The molecule has 0 unspecified atom stereocenters. The van der Waals surface area contributed by atoms with Gasteiger partial charge in [0.25, 0.3) is 0 Å². The van der Waals surface area contributed by atoms with Crippen molar-refractivity contribution >= 4 is 0 Å². The summed E-state index contributed by atoms with van der Waals surface area (Å²) < 4.78 is 2.35. The molecule has 0 aliphatic carbocycles. The lowest BCUT2D eigenvalue weighted by Gasteiger charge is -2.05. The van der Waals surface area contributed by atoms with Gasteiger partial charge in [0.05, 0.1) is 5.56 Å². The molecule has 3 aromatic rings. The zero-order chi connectivity index (χ0) is 14.4. The summed E-state index contributed by atoms with van der Waals surface area (Å²) in [6.07, 6.45) is 2.17. The van der Waals surface area contributed by atoms with Crippen molar-refractivity contribution in [3.63, 3.8) is 0 Å². The molecule has 1 aliphatic rings. The Morgan fingerprint density at radius 2 is 1.71 bits per heavy atom. The Labute approximate surface area is 125 Å². The third-order valence-corrected chi connectivity index (χ3v) is 4.44. The van der Waals surface area contributed by atoms with E-state index in [0.717, 1.165) is 0 Å². The number of nitrogens with zero attached hydrogens (tertiary/aromatic N) is 1. The number of hydrogen-bond acceptors (Lipinski definition) is 0. The van der Waals surface area contributed by atoms with E-state index in [-0.39, 0.29) is 0 Å². The Kier molecular flexibility index (Phi) is 2.68. The number of pyridine rings is 1. The van der Waals surface area contributed by atoms with E-state index >= 15 is 0 Å². The van der Waals surface area contributed by atoms with Crippen molar-refractivity contribution in [2.45, 2.75) is 19.9 Å². The van der Waals surface area contributed by atoms with Crippen molar-refractivity contribution in [1.82, 2.24) is 0 Å². The highest BCUT2D eigenvalue weighted by atomic mass is 15.0. The van der Waals surface area contributed by atoms with Crippen LogP contribution in [0.25, 0.3) is 22.4 Å². The molecule has 102 valence electrons. The molecule has 0 radical (unpaired) electrons. The van der Waals surface area contributed by atoms with Crippen LogP contribution in [-0.4, -0.2) is 0 Å². The molecule has 0 N–H and O–H groups in total. The van der Waals surface area contributed by atoms with Crippen LogP contribution in [0, 0.1) is 6.92 Å². The van der Waals surface area contributed by atoms with Gasteiger partial charge >= 0.3 is 0 Å². The topological polar surface area (TPSA) is 3.88 Å². The number of fused-ring (bicyclic) bond motifs is 3. The Balaban J connectivity index is 1.91. The summed E-state index contributed by atoms with van der Waals surface area (Å²) in [4.78, 5) is 0. The van der Waals surface area contributed by atoms with Crippen molar-refractivity contribution < 1.29 is 4.57 Å². The molecule has 1 aromatic heterocycles. The molecule has 2 heterocycles. The van der Waals surface area contributed by atoms with Gasteiger partial charge in [-0.1, -0.05) is 42.0 Å². The van der Waals surface area contributed by atoms with Gasteiger partial charge in [-0.15, -0.1) is 0 Å². The molecule has 1 atom stereocenters. The average molecular weight is 272 g/mol.